The zero-order chi connectivity index (χ0) is 26.6. The molecule has 4 aromatic rings. The molecule has 1 N–H and O–H groups in total. The number of nitrogens with one attached hydrogen (secondary N) is 1. The van der Waals surface area contributed by atoms with Gasteiger partial charge in [-0.2, -0.15) is 7.94 Å². The molecular weight excluding hydrogens is 529 g/mol. The maximum absolute atomic E-state index is 11.1. The van der Waals surface area contributed by atoms with E-state index in [4.69, 9.17) is 0 Å². The van der Waals surface area contributed by atoms with E-state index in [1.165, 1.54) is 21.2 Å². The standard InChI is InChI=1S/C30H35N2O3P3/c33-38(34,35)24-22-31-21-23-32(25-36(27-13-5-1-6-14-27)28-15-7-2-8-16-28)26-37(29-17-9-3-10-18-29)30-19-11-4-12-20-30/h1-20,31H,21-26H2,(H2,33,34,35)/p-2. The summed E-state index contributed by atoms with van der Waals surface area (Å²) < 4.78 is 0. The molecule has 4 rings (SSSR count). The van der Waals surface area contributed by atoms with Crippen molar-refractivity contribution in [2.45, 2.75) is 0 Å². The third-order valence-corrected chi connectivity index (χ3v) is 11.9. The molecule has 0 amide bonds. The van der Waals surface area contributed by atoms with Crippen LogP contribution in [0.5, 0.6) is 0 Å². The number of nitrogens with zero attached hydrogens (tertiary/aromatic N) is 1. The van der Waals surface area contributed by atoms with Crippen LogP contribution in [-0.2, 0) is 0 Å². The maximum atomic E-state index is 11.1. The molecular formula is C30H33N2O3P3-2. The Morgan fingerprint density at radius 2 is 0.868 bits per heavy atom. The van der Waals surface area contributed by atoms with Gasteiger partial charge in [-0.15, -0.1) is 0 Å². The minimum Gasteiger partial charge on any atom is -0.688 e. The molecule has 4 aromatic carbocycles. The molecule has 0 saturated heterocycles. The van der Waals surface area contributed by atoms with Crippen molar-refractivity contribution in [3.8, 4) is 0 Å². The summed E-state index contributed by atoms with van der Waals surface area (Å²) in [6, 6.07) is 42.7. The van der Waals surface area contributed by atoms with E-state index in [0.29, 0.717) is 6.54 Å². The normalized spacial score (nSPS) is 11.9. The van der Waals surface area contributed by atoms with Crippen LogP contribution >= 0.6 is 23.8 Å². The minimum absolute atomic E-state index is 0.177. The molecule has 5 nitrogen and oxygen atoms in total. The van der Waals surface area contributed by atoms with Gasteiger partial charge in [0, 0.05) is 32.2 Å². The van der Waals surface area contributed by atoms with Crippen LogP contribution in [-0.4, -0.2) is 43.3 Å². The van der Waals surface area contributed by atoms with Crippen molar-refractivity contribution in [1.82, 2.24) is 10.2 Å². The van der Waals surface area contributed by atoms with E-state index in [-0.39, 0.29) is 12.7 Å². The Bertz CT molecular complexity index is 1030. The second kappa shape index (κ2) is 14.9. The second-order valence-corrected chi connectivity index (χ2v) is 15.0. The molecule has 0 atom stereocenters. The summed E-state index contributed by atoms with van der Waals surface area (Å²) in [4.78, 5) is 35.7. The first-order valence-corrected chi connectivity index (χ1v) is 17.5. The van der Waals surface area contributed by atoms with Crippen LogP contribution in [0, 0.1) is 0 Å². The van der Waals surface area contributed by atoms with Gasteiger partial charge < -0.3 is 20.0 Å². The third kappa shape index (κ3) is 9.31. The van der Waals surface area contributed by atoms with Crippen molar-refractivity contribution in [3.63, 3.8) is 0 Å². The van der Waals surface area contributed by atoms with Crippen molar-refractivity contribution in [1.29, 1.82) is 0 Å². The van der Waals surface area contributed by atoms with Gasteiger partial charge in [0.05, 0.1) is 6.16 Å². The van der Waals surface area contributed by atoms with Crippen LogP contribution in [0.1, 0.15) is 0 Å². The summed E-state index contributed by atoms with van der Waals surface area (Å²) in [5, 5.41) is 8.49. The summed E-state index contributed by atoms with van der Waals surface area (Å²) in [6.07, 6.45) is 1.39. The van der Waals surface area contributed by atoms with Crippen LogP contribution < -0.4 is 41.2 Å². The molecule has 0 aliphatic carbocycles. The van der Waals surface area contributed by atoms with Gasteiger partial charge >= 0.3 is 0 Å². The highest BCUT2D eigenvalue weighted by molar-refractivity contribution is 7.73. The monoisotopic (exact) mass is 562 g/mol. The van der Waals surface area contributed by atoms with E-state index in [1.54, 1.807) is 0 Å². The highest BCUT2D eigenvalue weighted by Crippen LogP contribution is 2.39. The zero-order valence-electron chi connectivity index (χ0n) is 21.3. The number of hydrogen-bond acceptors (Lipinski definition) is 5. The van der Waals surface area contributed by atoms with E-state index in [0.717, 1.165) is 19.1 Å². The summed E-state index contributed by atoms with van der Waals surface area (Å²) >= 11 is 0. The molecule has 8 heteroatoms. The fourth-order valence-electron chi connectivity index (χ4n) is 4.22. The van der Waals surface area contributed by atoms with Crippen molar-refractivity contribution in [3.05, 3.63) is 121 Å². The quantitative estimate of drug-likeness (QED) is 0.188. The molecule has 0 unspecified atom stereocenters. The maximum Gasteiger partial charge on any atom is 0.0549 e. The van der Waals surface area contributed by atoms with Crippen LogP contribution in [0.4, 0.5) is 0 Å². The molecule has 0 aliphatic rings. The minimum atomic E-state index is -4.50. The first-order valence-electron chi connectivity index (χ1n) is 12.7. The average Bonchev–Trinajstić information content (AvgIpc) is 2.95. The van der Waals surface area contributed by atoms with Gasteiger partial charge in [-0.25, -0.2) is 0 Å². The second-order valence-electron chi connectivity index (χ2n) is 8.96. The van der Waals surface area contributed by atoms with Crippen LogP contribution in [0.3, 0.4) is 0 Å². The molecule has 0 bridgehead atoms. The Labute approximate surface area is 229 Å². The van der Waals surface area contributed by atoms with Crippen molar-refractivity contribution >= 4 is 45.0 Å². The SMILES string of the molecule is [O-][P+]([O-])([O-])CCNCCN(CP(c1ccccc1)c1ccccc1)CP(c1ccccc1)c1ccccc1. The Morgan fingerprint density at radius 3 is 1.18 bits per heavy atom. The van der Waals surface area contributed by atoms with Gasteiger partial charge in [0.15, 0.2) is 0 Å². The predicted molar refractivity (Wildman–Crippen MR) is 159 cm³/mol. The highest BCUT2D eigenvalue weighted by Gasteiger charge is 2.22. The Balaban J connectivity index is 1.60. The van der Waals surface area contributed by atoms with Gasteiger partial charge in [0.2, 0.25) is 0 Å². The average molecular weight is 563 g/mol. The van der Waals surface area contributed by atoms with Crippen molar-refractivity contribution < 1.29 is 14.7 Å². The summed E-state index contributed by atoms with van der Waals surface area (Å²) in [5.41, 5.74) is 0. The highest BCUT2D eigenvalue weighted by atomic mass is 31.2. The predicted octanol–water partition coefficient (Wildman–Crippen LogP) is 1.90. The topological polar surface area (TPSA) is 84.4 Å². The molecule has 0 aliphatic heterocycles. The molecule has 198 valence electrons. The van der Waals surface area contributed by atoms with Crippen LogP contribution in [0.25, 0.3) is 0 Å². The van der Waals surface area contributed by atoms with E-state index in [2.05, 4.69) is 132 Å². The lowest BCUT2D eigenvalue weighted by Gasteiger charge is -2.42. The lowest BCUT2D eigenvalue weighted by Crippen LogP contribution is -2.40. The van der Waals surface area contributed by atoms with E-state index < -0.39 is 23.8 Å². The molecule has 0 radical (unpaired) electrons. The summed E-state index contributed by atoms with van der Waals surface area (Å²) in [6.45, 7) is 1.54. The zero-order valence-corrected chi connectivity index (χ0v) is 24.0. The van der Waals surface area contributed by atoms with E-state index >= 15 is 0 Å². The lowest BCUT2D eigenvalue weighted by molar-refractivity contribution is -0.427. The molecule has 0 heterocycles. The third-order valence-electron chi connectivity index (χ3n) is 6.12. The van der Waals surface area contributed by atoms with Crippen LogP contribution in [0.2, 0.25) is 0 Å². The van der Waals surface area contributed by atoms with Crippen LogP contribution in [0.15, 0.2) is 121 Å². The first kappa shape index (κ1) is 29.0. The van der Waals surface area contributed by atoms with Gasteiger partial charge in [-0.05, 0) is 37.1 Å². The fourth-order valence-corrected chi connectivity index (χ4v) is 9.47. The Kier molecular flexibility index (Phi) is 11.4. The smallest absolute Gasteiger partial charge is 0.0549 e. The molecule has 0 saturated carbocycles. The van der Waals surface area contributed by atoms with Crippen molar-refractivity contribution in [2.24, 2.45) is 0 Å². The molecule has 0 aromatic heterocycles. The van der Waals surface area contributed by atoms with Crippen molar-refractivity contribution in [2.75, 3.05) is 38.4 Å². The van der Waals surface area contributed by atoms with Gasteiger partial charge in [0.25, 0.3) is 0 Å². The summed E-state index contributed by atoms with van der Waals surface area (Å²) in [5.74, 6) is 0. The number of rotatable bonds is 14. The molecule has 0 fully saturated rings. The summed E-state index contributed by atoms with van der Waals surface area (Å²) in [7, 11) is -5.78. The Hall–Kier alpha value is -2.03. The fraction of sp³-hybridized carbons (Fsp3) is 0.200. The van der Waals surface area contributed by atoms with E-state index in [9.17, 15) is 14.7 Å². The number of benzene rings is 4. The molecule has 0 spiro atoms. The Morgan fingerprint density at radius 1 is 0.526 bits per heavy atom. The first-order chi connectivity index (χ1) is 18.5. The van der Waals surface area contributed by atoms with Gasteiger partial charge in [0.1, 0.15) is 0 Å². The van der Waals surface area contributed by atoms with Gasteiger partial charge in [-0.1, -0.05) is 121 Å². The van der Waals surface area contributed by atoms with E-state index in [1.807, 2.05) is 0 Å². The molecule has 38 heavy (non-hydrogen) atoms. The lowest BCUT2D eigenvalue weighted by atomic mass is 10.4. The van der Waals surface area contributed by atoms with Gasteiger partial charge in [-0.3, -0.25) is 4.90 Å². The number of hydrogen-bond donors (Lipinski definition) is 1. The largest absolute Gasteiger partial charge is 0.688 e.